The molecule has 0 fully saturated rings. The third-order valence-electron chi connectivity index (χ3n) is 4.26. The minimum absolute atomic E-state index is 0.156. The first-order valence-electron chi connectivity index (χ1n) is 8.35. The van der Waals surface area contributed by atoms with Gasteiger partial charge in [0.2, 0.25) is 0 Å². The Kier molecular flexibility index (Phi) is 5.31. The van der Waals surface area contributed by atoms with Gasteiger partial charge >= 0.3 is 0 Å². The van der Waals surface area contributed by atoms with Crippen molar-refractivity contribution in [3.63, 3.8) is 0 Å². The molecule has 0 saturated heterocycles. The Balaban J connectivity index is 1.42. The van der Waals surface area contributed by atoms with Gasteiger partial charge < -0.3 is 15.4 Å². The van der Waals surface area contributed by atoms with E-state index in [-0.39, 0.29) is 6.10 Å². The zero-order chi connectivity index (χ0) is 16.8. The summed E-state index contributed by atoms with van der Waals surface area (Å²) >= 11 is 0. The first kappa shape index (κ1) is 16.3. The number of hydrogen-bond donors (Lipinski definition) is 2. The molecule has 0 saturated carbocycles. The second-order valence-electron chi connectivity index (χ2n) is 5.98. The Labute approximate surface area is 143 Å². The highest BCUT2D eigenvalue weighted by Crippen LogP contribution is 2.27. The molecule has 24 heavy (non-hydrogen) atoms. The quantitative estimate of drug-likeness (QED) is 0.653. The molecule has 0 radical (unpaired) electrons. The van der Waals surface area contributed by atoms with Crippen LogP contribution in [-0.2, 0) is 12.8 Å². The summed E-state index contributed by atoms with van der Waals surface area (Å²) in [5, 5.41) is 6.70. The minimum Gasteiger partial charge on any atom is -0.488 e. The Morgan fingerprint density at radius 2 is 2.17 bits per heavy atom. The van der Waals surface area contributed by atoms with Gasteiger partial charge in [-0.05, 0) is 42.2 Å². The maximum atomic E-state index is 5.94. The number of nitrogens with one attached hydrogen (secondary N) is 2. The molecule has 2 aromatic rings. The van der Waals surface area contributed by atoms with E-state index in [1.54, 1.807) is 7.05 Å². The van der Waals surface area contributed by atoms with E-state index in [4.69, 9.17) is 4.74 Å². The van der Waals surface area contributed by atoms with Crippen LogP contribution in [0, 0.1) is 6.92 Å². The van der Waals surface area contributed by atoms with Crippen LogP contribution in [0.4, 0.5) is 0 Å². The SMILES string of the molecule is CN=C(NCCc1ccncc1C)NCC1Cc2ccccc2O1. The van der Waals surface area contributed by atoms with Crippen molar-refractivity contribution >= 4 is 5.96 Å². The molecule has 1 unspecified atom stereocenters. The van der Waals surface area contributed by atoms with Crippen LogP contribution < -0.4 is 15.4 Å². The Morgan fingerprint density at radius 1 is 1.29 bits per heavy atom. The molecule has 0 aliphatic carbocycles. The summed E-state index contributed by atoms with van der Waals surface area (Å²) < 4.78 is 5.94. The molecular formula is C19H24N4O. The zero-order valence-corrected chi connectivity index (χ0v) is 14.2. The Bertz CT molecular complexity index is 689. The number of aryl methyl sites for hydroxylation is 1. The number of ether oxygens (including phenoxy) is 1. The van der Waals surface area contributed by atoms with Crippen molar-refractivity contribution in [2.45, 2.75) is 25.9 Å². The van der Waals surface area contributed by atoms with Crippen molar-refractivity contribution in [3.8, 4) is 5.75 Å². The second-order valence-corrected chi connectivity index (χ2v) is 5.98. The van der Waals surface area contributed by atoms with Gasteiger partial charge in [-0.25, -0.2) is 0 Å². The fraction of sp³-hybridized carbons (Fsp3) is 0.368. The van der Waals surface area contributed by atoms with Crippen LogP contribution in [0.15, 0.2) is 47.7 Å². The van der Waals surface area contributed by atoms with Crippen molar-refractivity contribution in [2.75, 3.05) is 20.1 Å². The summed E-state index contributed by atoms with van der Waals surface area (Å²) in [5.41, 5.74) is 3.81. The molecule has 0 amide bonds. The summed E-state index contributed by atoms with van der Waals surface area (Å²) in [4.78, 5) is 8.40. The highest BCUT2D eigenvalue weighted by molar-refractivity contribution is 5.79. The molecule has 1 aromatic heterocycles. The highest BCUT2D eigenvalue weighted by atomic mass is 16.5. The van der Waals surface area contributed by atoms with Crippen LogP contribution in [0.25, 0.3) is 0 Å². The molecule has 2 heterocycles. The molecular weight excluding hydrogens is 300 g/mol. The highest BCUT2D eigenvalue weighted by Gasteiger charge is 2.22. The standard InChI is InChI=1S/C19H24N4O/c1-14-12-21-9-7-15(14)8-10-22-19(20-2)23-13-17-11-16-5-3-4-6-18(16)24-17/h3-7,9,12,17H,8,10-11,13H2,1-2H3,(H2,20,22,23). The second kappa shape index (κ2) is 7.81. The lowest BCUT2D eigenvalue weighted by atomic mass is 10.1. The van der Waals surface area contributed by atoms with Crippen LogP contribution in [0.3, 0.4) is 0 Å². The van der Waals surface area contributed by atoms with Crippen molar-refractivity contribution in [1.29, 1.82) is 0 Å². The van der Waals surface area contributed by atoms with E-state index in [2.05, 4.69) is 45.7 Å². The maximum Gasteiger partial charge on any atom is 0.191 e. The van der Waals surface area contributed by atoms with Crippen molar-refractivity contribution in [1.82, 2.24) is 15.6 Å². The van der Waals surface area contributed by atoms with E-state index in [9.17, 15) is 0 Å². The lowest BCUT2D eigenvalue weighted by Gasteiger charge is -2.16. The lowest BCUT2D eigenvalue weighted by Crippen LogP contribution is -2.42. The number of nitrogens with zero attached hydrogens (tertiary/aromatic N) is 2. The largest absolute Gasteiger partial charge is 0.488 e. The number of aromatic nitrogens is 1. The summed E-state index contributed by atoms with van der Waals surface area (Å²) in [6, 6.07) is 10.3. The molecule has 0 spiro atoms. The van der Waals surface area contributed by atoms with Crippen LogP contribution >= 0.6 is 0 Å². The van der Waals surface area contributed by atoms with E-state index in [0.29, 0.717) is 0 Å². The molecule has 5 nitrogen and oxygen atoms in total. The Morgan fingerprint density at radius 3 is 2.96 bits per heavy atom. The number of rotatable bonds is 5. The van der Waals surface area contributed by atoms with Crippen LogP contribution in [0.5, 0.6) is 5.75 Å². The summed E-state index contributed by atoms with van der Waals surface area (Å²) in [7, 11) is 1.79. The summed E-state index contributed by atoms with van der Waals surface area (Å²) in [6.45, 7) is 3.66. The summed E-state index contributed by atoms with van der Waals surface area (Å²) in [6.07, 6.45) is 5.78. The van der Waals surface area contributed by atoms with Gasteiger partial charge in [-0.15, -0.1) is 0 Å². The molecule has 1 aromatic carbocycles. The average Bonchev–Trinajstić information content (AvgIpc) is 3.02. The molecule has 1 aliphatic heterocycles. The predicted molar refractivity (Wildman–Crippen MR) is 96.6 cm³/mol. The van der Waals surface area contributed by atoms with Gasteiger partial charge in [0.25, 0.3) is 0 Å². The number of guanidine groups is 1. The number of pyridine rings is 1. The molecule has 5 heteroatoms. The van der Waals surface area contributed by atoms with Gasteiger partial charge in [0.1, 0.15) is 11.9 Å². The Hall–Kier alpha value is -2.56. The average molecular weight is 324 g/mol. The predicted octanol–water partition coefficient (Wildman–Crippen LogP) is 2.10. The smallest absolute Gasteiger partial charge is 0.191 e. The third-order valence-corrected chi connectivity index (χ3v) is 4.26. The number of para-hydroxylation sites is 1. The van der Waals surface area contributed by atoms with Crippen LogP contribution in [0.2, 0.25) is 0 Å². The molecule has 0 bridgehead atoms. The fourth-order valence-corrected chi connectivity index (χ4v) is 2.90. The first-order valence-corrected chi connectivity index (χ1v) is 8.35. The fourth-order valence-electron chi connectivity index (χ4n) is 2.90. The van der Waals surface area contributed by atoms with E-state index in [1.165, 1.54) is 16.7 Å². The molecule has 126 valence electrons. The van der Waals surface area contributed by atoms with E-state index in [0.717, 1.165) is 37.6 Å². The lowest BCUT2D eigenvalue weighted by molar-refractivity contribution is 0.235. The number of fused-ring (bicyclic) bond motifs is 1. The zero-order valence-electron chi connectivity index (χ0n) is 14.2. The molecule has 1 atom stereocenters. The van der Waals surface area contributed by atoms with Gasteiger partial charge in [-0.2, -0.15) is 0 Å². The van der Waals surface area contributed by atoms with Gasteiger partial charge in [0, 0.05) is 32.4 Å². The summed E-state index contributed by atoms with van der Waals surface area (Å²) in [5.74, 6) is 1.81. The normalized spacial score (nSPS) is 16.4. The van der Waals surface area contributed by atoms with Gasteiger partial charge in [-0.1, -0.05) is 18.2 Å². The first-order chi connectivity index (χ1) is 11.8. The number of aliphatic imine (C=N–C) groups is 1. The van der Waals surface area contributed by atoms with Gasteiger partial charge in [0.15, 0.2) is 5.96 Å². The van der Waals surface area contributed by atoms with Gasteiger partial charge in [0.05, 0.1) is 6.54 Å². The molecule has 3 rings (SSSR count). The monoisotopic (exact) mass is 324 g/mol. The van der Waals surface area contributed by atoms with Crippen molar-refractivity contribution in [2.24, 2.45) is 4.99 Å². The van der Waals surface area contributed by atoms with Crippen LogP contribution in [0.1, 0.15) is 16.7 Å². The third kappa shape index (κ3) is 4.04. The number of benzene rings is 1. The minimum atomic E-state index is 0.156. The van der Waals surface area contributed by atoms with E-state index < -0.39 is 0 Å². The van der Waals surface area contributed by atoms with Crippen LogP contribution in [-0.4, -0.2) is 37.2 Å². The molecule has 1 aliphatic rings. The number of hydrogen-bond acceptors (Lipinski definition) is 3. The van der Waals surface area contributed by atoms with E-state index >= 15 is 0 Å². The van der Waals surface area contributed by atoms with E-state index in [1.807, 2.05) is 24.5 Å². The topological polar surface area (TPSA) is 58.5 Å². The maximum absolute atomic E-state index is 5.94. The van der Waals surface area contributed by atoms with Crippen molar-refractivity contribution < 1.29 is 4.74 Å². The van der Waals surface area contributed by atoms with Gasteiger partial charge in [-0.3, -0.25) is 9.98 Å². The molecule has 2 N–H and O–H groups in total. The van der Waals surface area contributed by atoms with Crippen molar-refractivity contribution in [3.05, 3.63) is 59.4 Å².